The molecule has 0 fully saturated rings. The predicted octanol–water partition coefficient (Wildman–Crippen LogP) is 1.32. The molecule has 0 atom stereocenters. The molecule has 0 amide bonds. The number of hydrogen-bond acceptors (Lipinski definition) is 4. The number of carbonyl (C=O) groups is 1. The summed E-state index contributed by atoms with van der Waals surface area (Å²) in [6.07, 6.45) is 0. The fourth-order valence-corrected chi connectivity index (χ4v) is 1.87. The molecule has 0 saturated carbocycles. The van der Waals surface area contributed by atoms with Gasteiger partial charge in [0.1, 0.15) is 0 Å². The van der Waals surface area contributed by atoms with Gasteiger partial charge in [-0.15, -0.1) is 0 Å². The molecule has 0 spiro atoms. The fraction of sp³-hybridized carbons (Fsp3) is 0.364. The summed E-state index contributed by atoms with van der Waals surface area (Å²) >= 11 is 0. The minimum Gasteiger partial charge on any atom is -0.465 e. The minimum absolute atomic E-state index is 0.291. The quantitative estimate of drug-likeness (QED) is 0.649. The normalized spacial score (nSPS) is 14.1. The van der Waals surface area contributed by atoms with Gasteiger partial charge in [-0.3, -0.25) is 0 Å². The first kappa shape index (κ1) is 9.83. The average molecular weight is 206 g/mol. The van der Waals surface area contributed by atoms with Gasteiger partial charge in [0.15, 0.2) is 0 Å². The summed E-state index contributed by atoms with van der Waals surface area (Å²) in [6.45, 7) is 0.847. The molecule has 15 heavy (non-hydrogen) atoms. The number of benzene rings is 1. The summed E-state index contributed by atoms with van der Waals surface area (Å²) < 4.78 is 4.69. The van der Waals surface area contributed by atoms with Crippen molar-refractivity contribution in [3.63, 3.8) is 0 Å². The van der Waals surface area contributed by atoms with Gasteiger partial charge in [0.2, 0.25) is 0 Å². The summed E-state index contributed by atoms with van der Waals surface area (Å²) in [7, 11) is 5.43. The van der Waals surface area contributed by atoms with Gasteiger partial charge in [-0.1, -0.05) is 0 Å². The molecule has 0 saturated heterocycles. The molecular weight excluding hydrogens is 192 g/mol. The minimum atomic E-state index is -0.291. The summed E-state index contributed by atoms with van der Waals surface area (Å²) in [6, 6.07) is 5.61. The molecule has 1 aromatic carbocycles. The average Bonchev–Trinajstić information content (AvgIpc) is 2.53. The molecule has 1 aliphatic heterocycles. The van der Waals surface area contributed by atoms with Crippen LogP contribution in [0.4, 0.5) is 11.4 Å². The number of hydrogen-bond donors (Lipinski definition) is 0. The van der Waals surface area contributed by atoms with Crippen molar-refractivity contribution in [1.82, 2.24) is 0 Å². The van der Waals surface area contributed by atoms with E-state index in [1.54, 1.807) is 6.07 Å². The van der Waals surface area contributed by atoms with Crippen LogP contribution in [0.1, 0.15) is 10.4 Å². The second kappa shape index (κ2) is 3.46. The van der Waals surface area contributed by atoms with Gasteiger partial charge in [0, 0.05) is 14.1 Å². The molecule has 0 N–H and O–H groups in total. The number of esters is 1. The molecule has 0 radical (unpaired) electrons. The lowest BCUT2D eigenvalue weighted by Crippen LogP contribution is -2.23. The van der Waals surface area contributed by atoms with Crippen LogP contribution in [-0.2, 0) is 4.74 Å². The second-order valence-corrected chi connectivity index (χ2v) is 3.73. The van der Waals surface area contributed by atoms with Crippen molar-refractivity contribution in [3.05, 3.63) is 23.8 Å². The third-order valence-electron chi connectivity index (χ3n) is 2.64. The third kappa shape index (κ3) is 1.52. The molecule has 0 aromatic heterocycles. The van der Waals surface area contributed by atoms with E-state index in [9.17, 15) is 4.79 Å². The van der Waals surface area contributed by atoms with Crippen LogP contribution in [0.3, 0.4) is 0 Å². The van der Waals surface area contributed by atoms with Crippen LogP contribution < -0.4 is 9.80 Å². The van der Waals surface area contributed by atoms with Gasteiger partial charge in [-0.05, 0) is 18.2 Å². The Labute approximate surface area is 89.0 Å². The lowest BCUT2D eigenvalue weighted by atomic mass is 10.1. The highest BCUT2D eigenvalue weighted by molar-refractivity contribution is 5.93. The molecule has 1 heterocycles. The Morgan fingerprint density at radius 3 is 2.60 bits per heavy atom. The van der Waals surface area contributed by atoms with E-state index < -0.39 is 0 Å². The van der Waals surface area contributed by atoms with E-state index in [1.807, 2.05) is 26.2 Å². The lowest BCUT2D eigenvalue weighted by Gasteiger charge is -2.11. The second-order valence-electron chi connectivity index (χ2n) is 3.73. The molecule has 2 rings (SSSR count). The van der Waals surface area contributed by atoms with Crippen molar-refractivity contribution in [2.75, 3.05) is 37.7 Å². The van der Waals surface area contributed by atoms with Crippen LogP contribution in [-0.4, -0.2) is 33.8 Å². The zero-order valence-electron chi connectivity index (χ0n) is 9.15. The summed E-state index contributed by atoms with van der Waals surface area (Å²) in [5.41, 5.74) is 2.81. The molecular formula is C11H14N2O2. The lowest BCUT2D eigenvalue weighted by molar-refractivity contribution is 0.0601. The maximum atomic E-state index is 11.3. The Hall–Kier alpha value is -1.71. The molecule has 0 aliphatic carbocycles. The third-order valence-corrected chi connectivity index (χ3v) is 2.64. The number of carbonyl (C=O) groups excluding carboxylic acids is 1. The summed E-state index contributed by atoms with van der Waals surface area (Å²) in [4.78, 5) is 15.6. The molecule has 0 unspecified atom stereocenters. The van der Waals surface area contributed by atoms with Gasteiger partial charge < -0.3 is 14.5 Å². The Bertz CT molecular complexity index is 404. The fourth-order valence-electron chi connectivity index (χ4n) is 1.87. The van der Waals surface area contributed by atoms with E-state index in [0.717, 1.165) is 18.0 Å². The molecule has 0 bridgehead atoms. The van der Waals surface area contributed by atoms with Gasteiger partial charge in [-0.25, -0.2) is 4.79 Å². The Kier molecular flexibility index (Phi) is 2.26. The van der Waals surface area contributed by atoms with E-state index in [2.05, 4.69) is 14.5 Å². The zero-order valence-corrected chi connectivity index (χ0v) is 9.15. The van der Waals surface area contributed by atoms with Crippen LogP contribution in [0.25, 0.3) is 0 Å². The van der Waals surface area contributed by atoms with Crippen LogP contribution in [0.15, 0.2) is 18.2 Å². The number of ether oxygens (including phenoxy) is 1. The van der Waals surface area contributed by atoms with Crippen molar-refractivity contribution in [2.24, 2.45) is 0 Å². The first-order valence-corrected chi connectivity index (χ1v) is 4.78. The van der Waals surface area contributed by atoms with Crippen molar-refractivity contribution < 1.29 is 9.53 Å². The summed E-state index contributed by atoms with van der Waals surface area (Å²) in [5.74, 6) is -0.291. The predicted molar refractivity (Wildman–Crippen MR) is 59.5 cm³/mol. The van der Waals surface area contributed by atoms with Crippen molar-refractivity contribution in [1.29, 1.82) is 0 Å². The van der Waals surface area contributed by atoms with Crippen LogP contribution in [0.5, 0.6) is 0 Å². The van der Waals surface area contributed by atoms with Gasteiger partial charge >= 0.3 is 5.97 Å². The van der Waals surface area contributed by atoms with Gasteiger partial charge in [-0.2, -0.15) is 0 Å². The molecule has 4 nitrogen and oxygen atoms in total. The standard InChI is InChI=1S/C11H14N2O2/c1-12-7-13(2)10-6-8(11(14)15-3)4-5-9(10)12/h4-6H,7H2,1-3H3. The number of methoxy groups -OCH3 is 1. The first-order chi connectivity index (χ1) is 7.13. The van der Waals surface area contributed by atoms with Crippen molar-refractivity contribution in [2.45, 2.75) is 0 Å². The van der Waals surface area contributed by atoms with E-state index in [0.29, 0.717) is 5.56 Å². The Morgan fingerprint density at radius 2 is 1.93 bits per heavy atom. The SMILES string of the molecule is COC(=O)c1ccc2c(c1)N(C)CN2C. The molecule has 80 valence electrons. The van der Waals surface area contributed by atoms with E-state index >= 15 is 0 Å². The highest BCUT2D eigenvalue weighted by Crippen LogP contribution is 2.34. The Morgan fingerprint density at radius 1 is 1.27 bits per heavy atom. The molecule has 1 aromatic rings. The first-order valence-electron chi connectivity index (χ1n) is 4.78. The van der Waals surface area contributed by atoms with Crippen LogP contribution >= 0.6 is 0 Å². The van der Waals surface area contributed by atoms with Crippen molar-refractivity contribution >= 4 is 17.3 Å². The highest BCUT2D eigenvalue weighted by Gasteiger charge is 2.21. The monoisotopic (exact) mass is 206 g/mol. The number of rotatable bonds is 1. The van der Waals surface area contributed by atoms with E-state index in [1.165, 1.54) is 7.11 Å². The smallest absolute Gasteiger partial charge is 0.337 e. The van der Waals surface area contributed by atoms with Crippen LogP contribution in [0.2, 0.25) is 0 Å². The van der Waals surface area contributed by atoms with Crippen molar-refractivity contribution in [3.8, 4) is 0 Å². The number of fused-ring (bicyclic) bond motifs is 1. The van der Waals surface area contributed by atoms with E-state index in [4.69, 9.17) is 0 Å². The maximum absolute atomic E-state index is 11.3. The number of anilines is 2. The molecule has 4 heteroatoms. The number of nitrogens with zero attached hydrogens (tertiary/aromatic N) is 2. The van der Waals surface area contributed by atoms with Gasteiger partial charge in [0.05, 0.1) is 30.7 Å². The highest BCUT2D eigenvalue weighted by atomic mass is 16.5. The maximum Gasteiger partial charge on any atom is 0.337 e. The molecule has 1 aliphatic rings. The topological polar surface area (TPSA) is 32.8 Å². The Balaban J connectivity index is 2.42. The summed E-state index contributed by atoms with van der Waals surface area (Å²) in [5, 5.41) is 0. The largest absolute Gasteiger partial charge is 0.465 e. The van der Waals surface area contributed by atoms with E-state index in [-0.39, 0.29) is 5.97 Å². The zero-order chi connectivity index (χ0) is 11.0. The van der Waals surface area contributed by atoms with Crippen LogP contribution in [0, 0.1) is 0 Å². The van der Waals surface area contributed by atoms with Gasteiger partial charge in [0.25, 0.3) is 0 Å².